The highest BCUT2D eigenvalue weighted by Crippen LogP contribution is 2.21. The molecule has 0 amide bonds. The van der Waals surface area contributed by atoms with Crippen molar-refractivity contribution in [3.8, 4) is 0 Å². The Morgan fingerprint density at radius 2 is 2.43 bits per heavy atom. The average molecular weight is 201 g/mol. The summed E-state index contributed by atoms with van der Waals surface area (Å²) in [5.41, 5.74) is -0.607. The molecule has 0 spiro atoms. The molecule has 1 aliphatic rings. The second-order valence-electron chi connectivity index (χ2n) is 3.83. The number of rotatable bonds is 4. The summed E-state index contributed by atoms with van der Waals surface area (Å²) in [6.45, 7) is 5.18. The quantitative estimate of drug-likeness (QED) is 0.680. The van der Waals surface area contributed by atoms with E-state index in [-0.39, 0.29) is 5.97 Å². The van der Waals surface area contributed by atoms with E-state index in [1.807, 2.05) is 0 Å². The number of methoxy groups -OCH3 is 1. The topological polar surface area (TPSA) is 47.6 Å². The number of hydrogen-bond acceptors (Lipinski definition) is 4. The standard InChI is InChI=1S/C10H19NO3/c1-4-8(2)11-10(9(12)13-3)5-6-14-7-10/h8,11H,4-7H2,1-3H3. The summed E-state index contributed by atoms with van der Waals surface area (Å²) in [5.74, 6) is -0.213. The molecular formula is C10H19NO3. The van der Waals surface area contributed by atoms with Crippen LogP contribution in [0.3, 0.4) is 0 Å². The van der Waals surface area contributed by atoms with Crippen LogP contribution in [0.1, 0.15) is 26.7 Å². The van der Waals surface area contributed by atoms with Crippen LogP contribution in [0.2, 0.25) is 0 Å². The maximum Gasteiger partial charge on any atom is 0.328 e. The monoisotopic (exact) mass is 201 g/mol. The fraction of sp³-hybridized carbons (Fsp3) is 0.900. The molecule has 14 heavy (non-hydrogen) atoms. The van der Waals surface area contributed by atoms with Gasteiger partial charge in [0.2, 0.25) is 0 Å². The lowest BCUT2D eigenvalue weighted by Crippen LogP contribution is -2.56. The first-order valence-electron chi connectivity index (χ1n) is 5.08. The molecule has 2 atom stereocenters. The van der Waals surface area contributed by atoms with Crippen LogP contribution in [0.4, 0.5) is 0 Å². The minimum Gasteiger partial charge on any atom is -0.468 e. The Labute approximate surface area is 85.0 Å². The van der Waals surface area contributed by atoms with Gasteiger partial charge in [-0.1, -0.05) is 6.92 Å². The Morgan fingerprint density at radius 1 is 1.71 bits per heavy atom. The predicted octanol–water partition coefficient (Wildman–Crippen LogP) is 0.707. The van der Waals surface area contributed by atoms with Crippen LogP contribution in [0, 0.1) is 0 Å². The van der Waals surface area contributed by atoms with Crippen LogP contribution in [-0.2, 0) is 14.3 Å². The van der Waals surface area contributed by atoms with Gasteiger partial charge in [-0.25, -0.2) is 4.79 Å². The molecule has 1 fully saturated rings. The zero-order chi connectivity index (χ0) is 10.6. The first-order chi connectivity index (χ1) is 6.64. The lowest BCUT2D eigenvalue weighted by atomic mass is 9.97. The molecule has 4 nitrogen and oxygen atoms in total. The maximum absolute atomic E-state index is 11.6. The summed E-state index contributed by atoms with van der Waals surface area (Å²) < 4.78 is 10.1. The third-order valence-corrected chi connectivity index (χ3v) is 2.73. The molecular weight excluding hydrogens is 182 g/mol. The van der Waals surface area contributed by atoms with Gasteiger partial charge in [0.15, 0.2) is 0 Å². The van der Waals surface area contributed by atoms with Crippen molar-refractivity contribution in [1.82, 2.24) is 5.32 Å². The van der Waals surface area contributed by atoms with Crippen LogP contribution < -0.4 is 5.32 Å². The summed E-state index contributed by atoms with van der Waals surface area (Å²) in [6, 6.07) is 0.302. The zero-order valence-electron chi connectivity index (χ0n) is 9.13. The van der Waals surface area contributed by atoms with Gasteiger partial charge in [0.05, 0.1) is 13.7 Å². The maximum atomic E-state index is 11.6. The SMILES string of the molecule is CCC(C)NC1(C(=O)OC)CCOC1. The van der Waals surface area contributed by atoms with Crippen LogP contribution in [-0.4, -0.2) is 37.9 Å². The lowest BCUT2D eigenvalue weighted by molar-refractivity contribution is -0.149. The van der Waals surface area contributed by atoms with E-state index in [1.54, 1.807) is 0 Å². The second kappa shape index (κ2) is 4.75. The highest BCUT2D eigenvalue weighted by atomic mass is 16.5. The number of ether oxygens (including phenoxy) is 2. The molecule has 0 aromatic rings. The number of nitrogens with one attached hydrogen (secondary N) is 1. The molecule has 1 heterocycles. The van der Waals surface area contributed by atoms with Gasteiger partial charge in [-0.15, -0.1) is 0 Å². The number of esters is 1. The zero-order valence-corrected chi connectivity index (χ0v) is 9.13. The first kappa shape index (κ1) is 11.5. The molecule has 1 N–H and O–H groups in total. The van der Waals surface area contributed by atoms with Crippen molar-refractivity contribution in [2.45, 2.75) is 38.3 Å². The lowest BCUT2D eigenvalue weighted by Gasteiger charge is -2.29. The molecule has 0 aliphatic carbocycles. The van der Waals surface area contributed by atoms with E-state index in [0.717, 1.165) is 6.42 Å². The molecule has 4 heteroatoms. The van der Waals surface area contributed by atoms with Crippen LogP contribution in [0.5, 0.6) is 0 Å². The first-order valence-corrected chi connectivity index (χ1v) is 5.08. The summed E-state index contributed by atoms with van der Waals surface area (Å²) in [5, 5.41) is 3.29. The van der Waals surface area contributed by atoms with E-state index in [4.69, 9.17) is 9.47 Å². The largest absolute Gasteiger partial charge is 0.468 e. The Hall–Kier alpha value is -0.610. The molecule has 0 bridgehead atoms. The van der Waals surface area contributed by atoms with Crippen molar-refractivity contribution in [3.63, 3.8) is 0 Å². The highest BCUT2D eigenvalue weighted by Gasteiger charge is 2.43. The fourth-order valence-electron chi connectivity index (χ4n) is 1.67. The van der Waals surface area contributed by atoms with Crippen LogP contribution >= 0.6 is 0 Å². The van der Waals surface area contributed by atoms with E-state index in [1.165, 1.54) is 7.11 Å². The number of carbonyl (C=O) groups is 1. The normalized spacial score (nSPS) is 28.8. The minimum atomic E-state index is -0.607. The second-order valence-corrected chi connectivity index (χ2v) is 3.83. The third-order valence-electron chi connectivity index (χ3n) is 2.73. The van der Waals surface area contributed by atoms with Crippen molar-refractivity contribution in [3.05, 3.63) is 0 Å². The molecule has 1 saturated heterocycles. The molecule has 0 saturated carbocycles. The van der Waals surface area contributed by atoms with Crippen molar-refractivity contribution >= 4 is 5.97 Å². The van der Waals surface area contributed by atoms with Crippen LogP contribution in [0.25, 0.3) is 0 Å². The van der Waals surface area contributed by atoms with E-state index >= 15 is 0 Å². The van der Waals surface area contributed by atoms with Gasteiger partial charge in [0.1, 0.15) is 5.54 Å². The van der Waals surface area contributed by atoms with Gasteiger partial charge < -0.3 is 9.47 Å². The predicted molar refractivity (Wildman–Crippen MR) is 53.1 cm³/mol. The molecule has 1 rings (SSSR count). The van der Waals surface area contributed by atoms with Crippen molar-refractivity contribution in [2.24, 2.45) is 0 Å². The average Bonchev–Trinajstić information content (AvgIpc) is 2.66. The summed E-state index contributed by atoms with van der Waals surface area (Å²) in [6.07, 6.45) is 1.68. The Balaban J connectivity index is 2.66. The summed E-state index contributed by atoms with van der Waals surface area (Å²) >= 11 is 0. The van der Waals surface area contributed by atoms with Crippen LogP contribution in [0.15, 0.2) is 0 Å². The minimum absolute atomic E-state index is 0.213. The molecule has 82 valence electrons. The highest BCUT2D eigenvalue weighted by molar-refractivity contribution is 5.81. The third kappa shape index (κ3) is 2.25. The smallest absolute Gasteiger partial charge is 0.328 e. The van der Waals surface area contributed by atoms with E-state index in [2.05, 4.69) is 19.2 Å². The van der Waals surface area contributed by atoms with Gasteiger partial charge in [0.25, 0.3) is 0 Å². The molecule has 1 aliphatic heterocycles. The van der Waals surface area contributed by atoms with Crippen molar-refractivity contribution < 1.29 is 14.3 Å². The molecule has 0 aromatic carbocycles. The van der Waals surface area contributed by atoms with Gasteiger partial charge in [-0.05, 0) is 13.3 Å². The Morgan fingerprint density at radius 3 is 2.86 bits per heavy atom. The number of carbonyl (C=O) groups excluding carboxylic acids is 1. The van der Waals surface area contributed by atoms with Gasteiger partial charge in [-0.2, -0.15) is 0 Å². The van der Waals surface area contributed by atoms with Crippen molar-refractivity contribution in [1.29, 1.82) is 0 Å². The van der Waals surface area contributed by atoms with E-state index in [0.29, 0.717) is 25.7 Å². The van der Waals surface area contributed by atoms with Gasteiger partial charge in [0, 0.05) is 19.1 Å². The van der Waals surface area contributed by atoms with E-state index < -0.39 is 5.54 Å². The Bertz CT molecular complexity index is 200. The number of hydrogen-bond donors (Lipinski definition) is 1. The van der Waals surface area contributed by atoms with Gasteiger partial charge >= 0.3 is 5.97 Å². The molecule has 0 radical (unpaired) electrons. The summed E-state index contributed by atoms with van der Waals surface area (Å²) in [7, 11) is 1.42. The fourth-order valence-corrected chi connectivity index (χ4v) is 1.67. The van der Waals surface area contributed by atoms with Gasteiger partial charge in [-0.3, -0.25) is 5.32 Å². The Kier molecular flexibility index (Phi) is 3.89. The summed E-state index contributed by atoms with van der Waals surface area (Å²) in [4.78, 5) is 11.6. The molecule has 2 unspecified atom stereocenters. The van der Waals surface area contributed by atoms with E-state index in [9.17, 15) is 4.79 Å². The molecule has 0 aromatic heterocycles. The van der Waals surface area contributed by atoms with Crippen molar-refractivity contribution in [2.75, 3.05) is 20.3 Å².